The summed E-state index contributed by atoms with van der Waals surface area (Å²) in [6.45, 7) is 1.76. The van der Waals surface area contributed by atoms with E-state index in [2.05, 4.69) is 16.5 Å². The number of carbonyl (C=O) groups excluding carboxylic acids is 1. The Kier molecular flexibility index (Phi) is 5.77. The summed E-state index contributed by atoms with van der Waals surface area (Å²) in [5.41, 5.74) is 4.30. The van der Waals surface area contributed by atoms with Gasteiger partial charge >= 0.3 is 0 Å². The van der Waals surface area contributed by atoms with Crippen LogP contribution in [-0.2, 0) is 4.79 Å². The number of aromatic nitrogens is 2. The van der Waals surface area contributed by atoms with E-state index in [9.17, 15) is 4.79 Å². The SMILES string of the molecule is Cc1cc(NC(=O)COc2ccc(-c3ccc(C#N)cc3)cc2)n(-c2ccccc2)n1. The number of ether oxygens (including phenoxy) is 1. The van der Waals surface area contributed by atoms with Crippen molar-refractivity contribution >= 4 is 11.7 Å². The molecule has 31 heavy (non-hydrogen) atoms. The molecule has 0 unspecified atom stereocenters. The van der Waals surface area contributed by atoms with Crippen LogP contribution in [0.5, 0.6) is 5.75 Å². The van der Waals surface area contributed by atoms with Crippen molar-refractivity contribution in [2.45, 2.75) is 6.92 Å². The second-order valence-electron chi connectivity index (χ2n) is 6.97. The first-order valence-electron chi connectivity index (χ1n) is 9.78. The molecule has 0 saturated heterocycles. The topological polar surface area (TPSA) is 79.9 Å². The van der Waals surface area contributed by atoms with E-state index in [0.717, 1.165) is 22.5 Å². The predicted octanol–water partition coefficient (Wildman–Crippen LogP) is 4.74. The first-order chi connectivity index (χ1) is 15.1. The Morgan fingerprint density at radius 1 is 1.00 bits per heavy atom. The minimum Gasteiger partial charge on any atom is -0.484 e. The predicted molar refractivity (Wildman–Crippen MR) is 119 cm³/mol. The zero-order chi connectivity index (χ0) is 21.6. The van der Waals surface area contributed by atoms with Crippen molar-refractivity contribution in [3.63, 3.8) is 0 Å². The van der Waals surface area contributed by atoms with Crippen molar-refractivity contribution in [3.8, 4) is 28.6 Å². The van der Waals surface area contributed by atoms with Crippen molar-refractivity contribution < 1.29 is 9.53 Å². The van der Waals surface area contributed by atoms with Gasteiger partial charge in [-0.25, -0.2) is 4.68 Å². The molecule has 1 N–H and O–H groups in total. The normalized spacial score (nSPS) is 10.3. The van der Waals surface area contributed by atoms with Gasteiger partial charge in [0.05, 0.1) is 23.0 Å². The lowest BCUT2D eigenvalue weighted by molar-refractivity contribution is -0.118. The Balaban J connectivity index is 1.38. The summed E-state index contributed by atoms with van der Waals surface area (Å²) in [5.74, 6) is 0.919. The van der Waals surface area contributed by atoms with Crippen molar-refractivity contribution in [1.82, 2.24) is 9.78 Å². The zero-order valence-electron chi connectivity index (χ0n) is 16.9. The van der Waals surface area contributed by atoms with Gasteiger partial charge < -0.3 is 10.1 Å². The summed E-state index contributed by atoms with van der Waals surface area (Å²) in [5, 5.41) is 16.2. The summed E-state index contributed by atoms with van der Waals surface area (Å²) in [6.07, 6.45) is 0. The van der Waals surface area contributed by atoms with Crippen molar-refractivity contribution in [3.05, 3.63) is 96.2 Å². The van der Waals surface area contributed by atoms with Gasteiger partial charge in [-0.2, -0.15) is 10.4 Å². The van der Waals surface area contributed by atoms with Crippen LogP contribution >= 0.6 is 0 Å². The molecule has 1 aromatic heterocycles. The highest BCUT2D eigenvalue weighted by Crippen LogP contribution is 2.23. The molecular weight excluding hydrogens is 388 g/mol. The summed E-state index contributed by atoms with van der Waals surface area (Å²) >= 11 is 0. The van der Waals surface area contributed by atoms with Gasteiger partial charge in [-0.3, -0.25) is 4.79 Å². The molecule has 1 heterocycles. The summed E-state index contributed by atoms with van der Waals surface area (Å²) in [7, 11) is 0. The molecular formula is C25H20N4O2. The molecule has 0 aliphatic heterocycles. The van der Waals surface area contributed by atoms with Crippen LogP contribution < -0.4 is 10.1 Å². The molecule has 0 saturated carbocycles. The van der Waals surface area contributed by atoms with Crippen LogP contribution in [0.25, 0.3) is 16.8 Å². The lowest BCUT2D eigenvalue weighted by atomic mass is 10.0. The third-order valence-electron chi connectivity index (χ3n) is 4.67. The molecule has 0 aliphatic rings. The van der Waals surface area contributed by atoms with Crippen LogP contribution in [0.1, 0.15) is 11.3 Å². The number of nitrogens with one attached hydrogen (secondary N) is 1. The molecule has 6 nitrogen and oxygen atoms in total. The van der Waals surface area contributed by atoms with E-state index >= 15 is 0 Å². The Hall–Kier alpha value is -4.37. The minimum atomic E-state index is -0.270. The van der Waals surface area contributed by atoms with E-state index in [-0.39, 0.29) is 12.5 Å². The molecule has 3 aromatic carbocycles. The van der Waals surface area contributed by atoms with Crippen LogP contribution in [0.4, 0.5) is 5.82 Å². The lowest BCUT2D eigenvalue weighted by Crippen LogP contribution is -2.21. The average Bonchev–Trinajstić information content (AvgIpc) is 3.18. The number of rotatable bonds is 6. The number of nitriles is 1. The fraction of sp³-hybridized carbons (Fsp3) is 0.0800. The van der Waals surface area contributed by atoms with E-state index in [1.807, 2.05) is 79.7 Å². The van der Waals surface area contributed by atoms with Gasteiger partial charge in [0.15, 0.2) is 6.61 Å². The van der Waals surface area contributed by atoms with Crippen molar-refractivity contribution in [1.29, 1.82) is 5.26 Å². The third kappa shape index (κ3) is 4.80. The third-order valence-corrected chi connectivity index (χ3v) is 4.67. The average molecular weight is 408 g/mol. The number of hydrogen-bond donors (Lipinski definition) is 1. The number of hydrogen-bond acceptors (Lipinski definition) is 4. The molecule has 152 valence electrons. The second kappa shape index (κ2) is 8.97. The van der Waals surface area contributed by atoms with E-state index in [1.165, 1.54) is 0 Å². The molecule has 0 radical (unpaired) electrons. The highest BCUT2D eigenvalue weighted by molar-refractivity contribution is 5.91. The Bertz CT molecular complexity index is 1220. The summed E-state index contributed by atoms with van der Waals surface area (Å²) < 4.78 is 7.33. The maximum Gasteiger partial charge on any atom is 0.263 e. The fourth-order valence-corrected chi connectivity index (χ4v) is 3.16. The number of anilines is 1. The number of benzene rings is 3. The largest absolute Gasteiger partial charge is 0.484 e. The van der Waals surface area contributed by atoms with Gasteiger partial charge in [0.1, 0.15) is 11.6 Å². The Morgan fingerprint density at radius 2 is 1.65 bits per heavy atom. The summed E-state index contributed by atoms with van der Waals surface area (Å²) in [6, 6.07) is 28.4. The Labute approximate surface area is 180 Å². The van der Waals surface area contributed by atoms with Crippen LogP contribution in [0, 0.1) is 18.3 Å². The summed E-state index contributed by atoms with van der Waals surface area (Å²) in [4.78, 5) is 12.4. The molecule has 1 amide bonds. The molecule has 0 spiro atoms. The molecule has 4 rings (SSSR count). The van der Waals surface area contributed by atoms with Gasteiger partial charge in [0.2, 0.25) is 0 Å². The molecule has 6 heteroatoms. The van der Waals surface area contributed by atoms with Crippen LogP contribution in [0.2, 0.25) is 0 Å². The molecule has 0 bridgehead atoms. The van der Waals surface area contributed by atoms with E-state index < -0.39 is 0 Å². The smallest absolute Gasteiger partial charge is 0.263 e. The maximum atomic E-state index is 12.4. The quantitative estimate of drug-likeness (QED) is 0.500. The van der Waals surface area contributed by atoms with Gasteiger partial charge in [0.25, 0.3) is 5.91 Å². The number of para-hydroxylation sites is 1. The van der Waals surface area contributed by atoms with Gasteiger partial charge in [-0.15, -0.1) is 0 Å². The van der Waals surface area contributed by atoms with Gasteiger partial charge in [-0.1, -0.05) is 42.5 Å². The van der Waals surface area contributed by atoms with E-state index in [0.29, 0.717) is 17.1 Å². The first-order valence-corrected chi connectivity index (χ1v) is 9.78. The standard InChI is InChI=1S/C25H20N4O2/c1-18-15-24(29(28-18)22-5-3-2-4-6-22)27-25(30)17-31-23-13-11-21(12-14-23)20-9-7-19(16-26)8-10-20/h2-15H,17H2,1H3,(H,27,30). The fourth-order valence-electron chi connectivity index (χ4n) is 3.16. The van der Waals surface area contributed by atoms with Crippen molar-refractivity contribution in [2.75, 3.05) is 11.9 Å². The number of aryl methyl sites for hydroxylation is 1. The lowest BCUT2D eigenvalue weighted by Gasteiger charge is -2.10. The van der Waals surface area contributed by atoms with Crippen molar-refractivity contribution in [2.24, 2.45) is 0 Å². The Morgan fingerprint density at radius 3 is 2.29 bits per heavy atom. The monoisotopic (exact) mass is 408 g/mol. The minimum absolute atomic E-state index is 0.116. The van der Waals surface area contributed by atoms with Gasteiger partial charge in [0, 0.05) is 6.07 Å². The zero-order valence-corrected chi connectivity index (χ0v) is 16.9. The molecule has 4 aromatic rings. The van der Waals surface area contributed by atoms with Crippen LogP contribution in [0.3, 0.4) is 0 Å². The van der Waals surface area contributed by atoms with E-state index in [1.54, 1.807) is 16.8 Å². The first kappa shape index (κ1) is 19.9. The van der Waals surface area contributed by atoms with E-state index in [4.69, 9.17) is 10.00 Å². The van der Waals surface area contributed by atoms with Crippen LogP contribution in [-0.4, -0.2) is 22.3 Å². The maximum absolute atomic E-state index is 12.4. The number of carbonyl (C=O) groups is 1. The number of amides is 1. The number of nitrogens with zero attached hydrogens (tertiary/aromatic N) is 3. The van der Waals surface area contributed by atoms with Gasteiger partial charge in [-0.05, 0) is 54.4 Å². The highest BCUT2D eigenvalue weighted by Gasteiger charge is 2.11. The molecule has 0 fully saturated rings. The van der Waals surface area contributed by atoms with Crippen LogP contribution in [0.15, 0.2) is 84.9 Å². The molecule has 0 atom stereocenters. The highest BCUT2D eigenvalue weighted by atomic mass is 16.5. The second-order valence-corrected chi connectivity index (χ2v) is 6.97. The molecule has 0 aliphatic carbocycles.